The molecule has 2 saturated carbocycles. The molecular weight excluding hydrogens is 973 g/mol. The number of hydrogen-bond donors (Lipinski definition) is 0. The SMILES string of the molecule is C=C/C=C(\C=C(/C)CCc1cccc(CCC(=C)CCCCCCCCCCCCCc2cccc3c2C(=C)C(CC(CC)/C(C)=C/C)C3=C)c1)C1CCC2(CC1)CC(=C)CC(Cc1ccc(CCCCC(C)(C)CCC)cc1C)C2. The van der Waals surface area contributed by atoms with Gasteiger partial charge in [-0.15, -0.1) is 0 Å². The molecule has 3 aromatic carbocycles. The van der Waals surface area contributed by atoms with E-state index < -0.39 is 0 Å². The molecule has 3 aromatic rings. The Morgan fingerprint density at radius 1 is 0.704 bits per heavy atom. The van der Waals surface area contributed by atoms with Crippen LogP contribution in [-0.2, 0) is 32.1 Å². The summed E-state index contributed by atoms with van der Waals surface area (Å²) < 4.78 is 0. The largest absolute Gasteiger partial charge is 0.0999 e. The van der Waals surface area contributed by atoms with Crippen molar-refractivity contribution in [2.45, 2.75) is 267 Å². The number of allylic oxidation sites excluding steroid dienone is 11. The molecule has 0 aromatic heterocycles. The zero-order chi connectivity index (χ0) is 58.2. The number of unbranched alkanes of at least 4 members (excludes halogenated alkanes) is 11. The third-order valence-corrected chi connectivity index (χ3v) is 20.4. The average Bonchev–Trinajstić information content (AvgIpc) is 3.73. The van der Waals surface area contributed by atoms with Crippen LogP contribution in [0.2, 0.25) is 0 Å². The molecule has 0 N–H and O–H groups in total. The van der Waals surface area contributed by atoms with Gasteiger partial charge in [0.1, 0.15) is 0 Å². The highest BCUT2D eigenvalue weighted by molar-refractivity contribution is 5.94. The van der Waals surface area contributed by atoms with Crippen molar-refractivity contribution >= 4 is 11.1 Å². The molecule has 0 heteroatoms. The summed E-state index contributed by atoms with van der Waals surface area (Å²) in [4.78, 5) is 0. The molecule has 442 valence electrons. The minimum Gasteiger partial charge on any atom is -0.0999 e. The van der Waals surface area contributed by atoms with Crippen LogP contribution >= 0.6 is 0 Å². The Morgan fingerprint density at radius 2 is 1.35 bits per heavy atom. The lowest BCUT2D eigenvalue weighted by Crippen LogP contribution is -2.35. The van der Waals surface area contributed by atoms with Gasteiger partial charge in [0.05, 0.1) is 0 Å². The van der Waals surface area contributed by atoms with Crippen molar-refractivity contribution in [2.75, 3.05) is 0 Å². The molecule has 0 amide bonds. The molecule has 3 atom stereocenters. The molecule has 0 bridgehead atoms. The lowest BCUT2D eigenvalue weighted by atomic mass is 9.58. The zero-order valence-electron chi connectivity index (χ0n) is 53.8. The van der Waals surface area contributed by atoms with E-state index in [0.29, 0.717) is 34.5 Å². The molecule has 0 saturated heterocycles. The predicted molar refractivity (Wildman–Crippen MR) is 361 cm³/mol. The zero-order valence-corrected chi connectivity index (χ0v) is 53.8. The van der Waals surface area contributed by atoms with Crippen LogP contribution in [0.15, 0.2) is 146 Å². The number of hydrogen-bond acceptors (Lipinski definition) is 0. The van der Waals surface area contributed by atoms with Gasteiger partial charge in [0, 0.05) is 5.92 Å². The van der Waals surface area contributed by atoms with Crippen LogP contribution in [0.3, 0.4) is 0 Å². The molecule has 6 rings (SSSR count). The van der Waals surface area contributed by atoms with E-state index in [1.54, 1.807) is 5.56 Å². The van der Waals surface area contributed by atoms with E-state index >= 15 is 0 Å². The van der Waals surface area contributed by atoms with Gasteiger partial charge in [0.2, 0.25) is 0 Å². The summed E-state index contributed by atoms with van der Waals surface area (Å²) >= 11 is 0. The second-order valence-electron chi connectivity index (χ2n) is 27.7. The molecule has 3 aliphatic rings. The first-order valence-corrected chi connectivity index (χ1v) is 33.7. The molecule has 0 aliphatic heterocycles. The first-order chi connectivity index (χ1) is 39.1. The van der Waals surface area contributed by atoms with E-state index in [4.69, 9.17) is 0 Å². The van der Waals surface area contributed by atoms with Crippen molar-refractivity contribution in [2.24, 2.45) is 34.5 Å². The molecule has 0 heterocycles. The Labute approximate surface area is 500 Å². The van der Waals surface area contributed by atoms with Gasteiger partial charge in [-0.05, 0) is 259 Å². The fraction of sp³-hybridized carbons (Fsp3) is 0.580. The number of fused-ring (bicyclic) bond motifs is 1. The van der Waals surface area contributed by atoms with E-state index in [0.717, 1.165) is 38.5 Å². The first kappa shape index (κ1) is 65.7. The molecule has 0 radical (unpaired) electrons. The van der Waals surface area contributed by atoms with Crippen molar-refractivity contribution < 1.29 is 0 Å². The van der Waals surface area contributed by atoms with Crippen molar-refractivity contribution in [3.63, 3.8) is 0 Å². The first-order valence-electron chi connectivity index (χ1n) is 33.7. The highest BCUT2D eigenvalue weighted by atomic mass is 14.5. The summed E-state index contributed by atoms with van der Waals surface area (Å²) in [6, 6.07) is 23.7. The molecule has 2 fully saturated rings. The molecule has 0 nitrogen and oxygen atoms in total. The van der Waals surface area contributed by atoms with Gasteiger partial charge in [-0.3, -0.25) is 0 Å². The van der Waals surface area contributed by atoms with Crippen LogP contribution in [-0.4, -0.2) is 0 Å². The third kappa shape index (κ3) is 21.0. The molecule has 3 aliphatic carbocycles. The minimum atomic E-state index is 0.381. The Kier molecular flexibility index (Phi) is 27.4. The number of aryl methyl sites for hydroxylation is 5. The summed E-state index contributed by atoms with van der Waals surface area (Å²) in [7, 11) is 0. The van der Waals surface area contributed by atoms with E-state index in [9.17, 15) is 0 Å². The Hall–Kier alpha value is -4.42. The van der Waals surface area contributed by atoms with Crippen molar-refractivity contribution in [3.8, 4) is 0 Å². The fourth-order valence-electron chi connectivity index (χ4n) is 15.4. The monoisotopic (exact) mass is 1090 g/mol. The Bertz CT molecular complexity index is 2580. The van der Waals surface area contributed by atoms with Crippen LogP contribution in [0.25, 0.3) is 11.1 Å². The van der Waals surface area contributed by atoms with E-state index in [-0.39, 0.29) is 0 Å². The highest BCUT2D eigenvalue weighted by Crippen LogP contribution is 2.54. The summed E-state index contributed by atoms with van der Waals surface area (Å²) in [6.45, 7) is 41.3. The van der Waals surface area contributed by atoms with Crippen LogP contribution in [0, 0.1) is 41.4 Å². The van der Waals surface area contributed by atoms with Gasteiger partial charge >= 0.3 is 0 Å². The second kappa shape index (κ2) is 33.8. The van der Waals surface area contributed by atoms with Crippen molar-refractivity contribution in [3.05, 3.63) is 190 Å². The summed E-state index contributed by atoms with van der Waals surface area (Å²) in [5, 5.41) is 0. The topological polar surface area (TPSA) is 0 Å². The van der Waals surface area contributed by atoms with Crippen LogP contribution < -0.4 is 0 Å². The normalized spacial score (nSPS) is 20.3. The van der Waals surface area contributed by atoms with Crippen LogP contribution in [0.1, 0.15) is 273 Å². The van der Waals surface area contributed by atoms with Crippen molar-refractivity contribution in [1.29, 1.82) is 0 Å². The van der Waals surface area contributed by atoms with Crippen molar-refractivity contribution in [1.82, 2.24) is 0 Å². The maximum Gasteiger partial charge on any atom is 0.00957 e. The lowest BCUT2D eigenvalue weighted by molar-refractivity contribution is 0.0994. The quantitative estimate of drug-likeness (QED) is 0.0309. The number of rotatable bonds is 36. The van der Waals surface area contributed by atoms with E-state index in [2.05, 4.69) is 167 Å². The Balaban J connectivity index is 0.811. The van der Waals surface area contributed by atoms with Gasteiger partial charge in [-0.1, -0.05) is 238 Å². The summed E-state index contributed by atoms with van der Waals surface area (Å²) in [5.41, 5.74) is 22.8. The smallest absolute Gasteiger partial charge is 0.00957 e. The Morgan fingerprint density at radius 3 is 2.00 bits per heavy atom. The summed E-state index contributed by atoms with van der Waals surface area (Å²) in [5.74, 6) is 2.33. The predicted octanol–water partition coefficient (Wildman–Crippen LogP) is 24.8. The maximum absolute atomic E-state index is 4.66. The van der Waals surface area contributed by atoms with Gasteiger partial charge in [0.25, 0.3) is 0 Å². The molecule has 3 unspecified atom stereocenters. The van der Waals surface area contributed by atoms with Gasteiger partial charge in [-0.25, -0.2) is 0 Å². The minimum absolute atomic E-state index is 0.381. The molecular formula is C81H118. The van der Waals surface area contributed by atoms with Crippen LogP contribution in [0.4, 0.5) is 0 Å². The fourth-order valence-corrected chi connectivity index (χ4v) is 15.4. The standard InChI is InChI=1S/C81H118/c1-14-33-76(73-47-51-81(52-48-73)59-63(7)53-71(60-81)57-75-46-45-68(55-65(75)9)35-29-30-50-80(12,13)49-15-2)54-62(6)42-44-70-37-31-36-69(56-70)43-41-61(5)34-27-25-23-21-19-18-20-22-24-26-28-38-74-39-32-40-77-66(10)78(67(11)79(74)77)58-72(17-4)64(8)16-3/h14,16,31-33,36-37,39-40,45-46,54-56,71-73,78H,1,5,7,10-11,15,17-30,34-35,38,41-44,47-53,57-60H2,2-4,6,8-9,12-13H3/b62-54+,64-16+,76-33+. The second-order valence-corrected chi connectivity index (χ2v) is 27.7. The van der Waals surface area contributed by atoms with Gasteiger partial charge in [-0.2, -0.15) is 0 Å². The molecule has 81 heavy (non-hydrogen) atoms. The third-order valence-electron chi connectivity index (χ3n) is 20.4. The highest BCUT2D eigenvalue weighted by Gasteiger charge is 2.41. The summed E-state index contributed by atoms with van der Waals surface area (Å²) in [6.07, 6.45) is 51.2. The van der Waals surface area contributed by atoms with E-state index in [1.807, 2.05) is 6.08 Å². The number of benzene rings is 3. The van der Waals surface area contributed by atoms with Gasteiger partial charge in [0.15, 0.2) is 0 Å². The lowest BCUT2D eigenvalue weighted by Gasteiger charge is -2.47. The van der Waals surface area contributed by atoms with E-state index in [1.165, 1.54) is 251 Å². The average molecular weight is 1090 g/mol. The molecule has 1 spiro atoms. The van der Waals surface area contributed by atoms with Gasteiger partial charge < -0.3 is 0 Å². The maximum atomic E-state index is 4.66. The van der Waals surface area contributed by atoms with Crippen LogP contribution in [0.5, 0.6) is 0 Å².